The highest BCUT2D eigenvalue weighted by Gasteiger charge is 2.38. The number of methoxy groups -OCH3 is 1. The summed E-state index contributed by atoms with van der Waals surface area (Å²) in [6.07, 6.45) is -2.90. The van der Waals surface area contributed by atoms with E-state index in [1.165, 1.54) is 0 Å². The molecule has 50 heavy (non-hydrogen) atoms. The fraction of sp³-hybridized carbons (Fsp3) is 0.312. The van der Waals surface area contributed by atoms with Crippen LogP contribution in [0.3, 0.4) is 0 Å². The van der Waals surface area contributed by atoms with Crippen LogP contribution >= 0.6 is 0 Å². The summed E-state index contributed by atoms with van der Waals surface area (Å²) in [5.41, 5.74) is 7.70. The lowest BCUT2D eigenvalue weighted by atomic mass is 10.0. The van der Waals surface area contributed by atoms with Crippen molar-refractivity contribution in [1.82, 2.24) is 15.2 Å². The second kappa shape index (κ2) is 20.5. The first-order valence-electron chi connectivity index (χ1n) is 14.5. The maximum Gasteiger partial charge on any atom is 0.490 e. The smallest absolute Gasteiger partial charge is 0.490 e. The highest BCUT2D eigenvalue weighted by atomic mass is 19.4. The van der Waals surface area contributed by atoms with Gasteiger partial charge in [-0.25, -0.2) is 14.8 Å². The fourth-order valence-corrected chi connectivity index (χ4v) is 3.94. The third kappa shape index (κ3) is 15.3. The number of pyridine rings is 1. The van der Waals surface area contributed by atoms with Crippen molar-refractivity contribution in [2.24, 2.45) is 10.8 Å². The maximum absolute atomic E-state index is 11.7. The minimum atomic E-state index is -5.08. The van der Waals surface area contributed by atoms with E-state index in [1.807, 2.05) is 69.6 Å². The zero-order chi connectivity index (χ0) is 38.0. The molecule has 7 N–H and O–H groups in total. The normalized spacial score (nSPS) is 12.1. The monoisotopic (exact) mass is 706 g/mol. The number of nitrogens with two attached hydrogens (primary N) is 1. The van der Waals surface area contributed by atoms with E-state index >= 15 is 0 Å². The van der Waals surface area contributed by atoms with Crippen LogP contribution in [0, 0.1) is 5.41 Å². The Labute approximate surface area is 287 Å². The van der Waals surface area contributed by atoms with Gasteiger partial charge in [-0.2, -0.15) is 18.3 Å². The third-order valence-electron chi connectivity index (χ3n) is 5.94. The number of carboxylic acid groups (broad SMARTS) is 2. The molecule has 2 aromatic carbocycles. The third-order valence-corrected chi connectivity index (χ3v) is 5.94. The van der Waals surface area contributed by atoms with Crippen LogP contribution in [-0.2, 0) is 14.4 Å². The van der Waals surface area contributed by atoms with Crippen molar-refractivity contribution >= 4 is 41.5 Å². The molecular weight excluding hydrogens is 665 g/mol. The van der Waals surface area contributed by atoms with E-state index in [-0.39, 0.29) is 11.9 Å². The van der Waals surface area contributed by atoms with Gasteiger partial charge in [0.25, 0.3) is 5.97 Å². The number of aliphatic carboxylic acids is 2. The molecule has 2 atom stereocenters. The van der Waals surface area contributed by atoms with Gasteiger partial charge in [0.1, 0.15) is 23.8 Å². The summed E-state index contributed by atoms with van der Waals surface area (Å²) in [7, 11) is 7.31. The van der Waals surface area contributed by atoms with E-state index in [4.69, 9.17) is 40.4 Å². The van der Waals surface area contributed by atoms with Crippen LogP contribution in [0.2, 0.25) is 0 Å². The topological polar surface area (TPSA) is 216 Å². The van der Waals surface area contributed by atoms with Crippen LogP contribution < -0.4 is 30.8 Å². The highest BCUT2D eigenvalue weighted by molar-refractivity contribution is 5.98. The van der Waals surface area contributed by atoms with Crippen LogP contribution in [0.4, 0.5) is 24.7 Å². The van der Waals surface area contributed by atoms with Gasteiger partial charge in [0.05, 0.1) is 7.11 Å². The van der Waals surface area contributed by atoms with Gasteiger partial charge < -0.3 is 41.0 Å². The van der Waals surface area contributed by atoms with Gasteiger partial charge in [-0.15, -0.1) is 0 Å². The lowest BCUT2D eigenvalue weighted by Crippen LogP contribution is -2.35. The van der Waals surface area contributed by atoms with Crippen molar-refractivity contribution in [2.75, 3.05) is 45.1 Å². The summed E-state index contributed by atoms with van der Waals surface area (Å²) in [5.74, 6) is -1.54. The first-order chi connectivity index (χ1) is 23.4. The minimum Gasteiger partial charge on any atom is -0.493 e. The molecule has 0 spiro atoms. The number of alkyl halides is 3. The van der Waals surface area contributed by atoms with Crippen LogP contribution in [-0.4, -0.2) is 97.2 Å². The van der Waals surface area contributed by atoms with E-state index in [0.717, 1.165) is 24.7 Å². The average molecular weight is 707 g/mol. The SMILES string of the molecule is CC(=O)O.COc1cc(C(Nc2ccc(C(=N)N)cc2)/C(=N/N(C)c2ccccn2)NC=O)ccc1OC(C)CN(C)C.O=C(O)C(F)(F)F. The van der Waals surface area contributed by atoms with E-state index in [9.17, 15) is 18.0 Å². The standard InChI is InChI=1S/C28H36N8O3.C2HF3O2.C2H4O2/c1-19(17-35(2)3)39-23-14-11-21(16-24(23)38-5)26(33-22-12-9-20(10-13-22)27(29)30)28(32-18-37)34-36(4)25-8-6-7-15-31-25;3-2(4,5)1(6)7;1-2(3)4/h6-16,18-19,26,33H,17H2,1-5H3,(H3,29,30)(H,32,34,37);(H,6,7);1H3,(H,3,4). The molecule has 272 valence electrons. The Morgan fingerprint density at radius 1 is 1.08 bits per heavy atom. The Kier molecular flexibility index (Phi) is 17.2. The number of hydrogen-bond donors (Lipinski definition) is 6. The summed E-state index contributed by atoms with van der Waals surface area (Å²) < 4.78 is 43.5. The number of aromatic nitrogens is 1. The van der Waals surface area contributed by atoms with Crippen LogP contribution in [0.25, 0.3) is 0 Å². The molecule has 2 unspecified atom stereocenters. The maximum atomic E-state index is 11.7. The zero-order valence-corrected chi connectivity index (χ0v) is 28.2. The molecular formula is C32H41F3N8O7. The number of carbonyl (C=O) groups excluding carboxylic acids is 1. The van der Waals surface area contributed by atoms with Gasteiger partial charge in [-0.3, -0.25) is 15.0 Å². The predicted octanol–water partition coefficient (Wildman–Crippen LogP) is 3.78. The first kappa shape index (κ1) is 42.1. The predicted molar refractivity (Wildman–Crippen MR) is 182 cm³/mol. The second-order valence-electron chi connectivity index (χ2n) is 10.5. The molecule has 0 radical (unpaired) electrons. The molecule has 0 aliphatic heterocycles. The Balaban J connectivity index is 0.000000983. The van der Waals surface area contributed by atoms with Crippen molar-refractivity contribution < 1.29 is 47.2 Å². The first-order valence-corrected chi connectivity index (χ1v) is 14.5. The number of benzene rings is 2. The van der Waals surface area contributed by atoms with Gasteiger partial charge in [-0.05, 0) is 75.1 Å². The number of carbonyl (C=O) groups is 3. The number of amidine groups is 2. The molecule has 3 rings (SSSR count). The van der Waals surface area contributed by atoms with Crippen molar-refractivity contribution in [3.63, 3.8) is 0 Å². The number of likely N-dealkylation sites (N-methyl/N-ethyl adjacent to an activating group) is 1. The van der Waals surface area contributed by atoms with Gasteiger partial charge in [0.2, 0.25) is 6.41 Å². The second-order valence-corrected chi connectivity index (χ2v) is 10.5. The largest absolute Gasteiger partial charge is 0.493 e. The number of carboxylic acids is 2. The van der Waals surface area contributed by atoms with E-state index in [1.54, 1.807) is 37.5 Å². The summed E-state index contributed by atoms with van der Waals surface area (Å²) >= 11 is 0. The number of halogens is 3. The number of ether oxygens (including phenoxy) is 2. The number of nitrogens with zero attached hydrogens (tertiary/aromatic N) is 4. The minimum absolute atomic E-state index is 0.0243. The number of amides is 1. The summed E-state index contributed by atoms with van der Waals surface area (Å²) in [4.78, 5) is 36.0. The number of nitrogen functional groups attached to an aromatic ring is 1. The molecule has 0 fully saturated rings. The molecule has 1 heterocycles. The van der Waals surface area contributed by atoms with Gasteiger partial charge in [0, 0.05) is 38.0 Å². The summed E-state index contributed by atoms with van der Waals surface area (Å²) in [5, 5.41) is 34.6. The lowest BCUT2D eigenvalue weighted by Gasteiger charge is -2.25. The summed E-state index contributed by atoms with van der Waals surface area (Å²) in [6.45, 7) is 3.82. The molecule has 1 aromatic heterocycles. The van der Waals surface area contributed by atoms with Gasteiger partial charge in [-0.1, -0.05) is 12.1 Å². The molecule has 0 saturated carbocycles. The van der Waals surface area contributed by atoms with E-state index in [2.05, 4.69) is 25.6 Å². The number of hydrazone groups is 1. The fourth-order valence-electron chi connectivity index (χ4n) is 3.94. The number of hydrogen-bond acceptors (Lipinski definition) is 11. The Morgan fingerprint density at radius 3 is 2.14 bits per heavy atom. The Hall–Kier alpha value is -5.91. The average Bonchev–Trinajstić information content (AvgIpc) is 3.03. The molecule has 18 heteroatoms. The van der Waals surface area contributed by atoms with Gasteiger partial charge >= 0.3 is 12.1 Å². The molecule has 15 nitrogen and oxygen atoms in total. The van der Waals surface area contributed by atoms with Crippen LogP contribution in [0.15, 0.2) is 72.0 Å². The molecule has 0 aliphatic carbocycles. The molecule has 3 aromatic rings. The number of rotatable bonds is 13. The van der Waals surface area contributed by atoms with E-state index in [0.29, 0.717) is 35.1 Å². The molecule has 0 bridgehead atoms. The van der Waals surface area contributed by atoms with Crippen LogP contribution in [0.1, 0.15) is 31.0 Å². The highest BCUT2D eigenvalue weighted by Crippen LogP contribution is 2.33. The molecule has 0 saturated heterocycles. The van der Waals surface area contributed by atoms with Crippen molar-refractivity contribution in [1.29, 1.82) is 5.41 Å². The van der Waals surface area contributed by atoms with Crippen LogP contribution in [0.5, 0.6) is 11.5 Å². The molecule has 1 amide bonds. The van der Waals surface area contributed by atoms with Crippen molar-refractivity contribution in [2.45, 2.75) is 32.2 Å². The Bertz CT molecular complexity index is 1570. The summed E-state index contributed by atoms with van der Waals surface area (Å²) in [6, 6.07) is 17.6. The lowest BCUT2D eigenvalue weighted by molar-refractivity contribution is -0.192. The van der Waals surface area contributed by atoms with Gasteiger partial charge in [0.15, 0.2) is 17.3 Å². The number of anilines is 2. The molecule has 0 aliphatic rings. The number of nitrogens with one attached hydrogen (secondary N) is 3. The van der Waals surface area contributed by atoms with E-state index < -0.39 is 24.2 Å². The van der Waals surface area contributed by atoms with Crippen molar-refractivity contribution in [3.05, 3.63) is 78.0 Å². The van der Waals surface area contributed by atoms with Crippen molar-refractivity contribution in [3.8, 4) is 11.5 Å². The zero-order valence-electron chi connectivity index (χ0n) is 28.2. The Morgan fingerprint density at radius 2 is 1.68 bits per heavy atom. The quantitative estimate of drug-likeness (QED) is 0.0648.